The predicted molar refractivity (Wildman–Crippen MR) is 112 cm³/mol. The van der Waals surface area contributed by atoms with Gasteiger partial charge in [0.15, 0.2) is 0 Å². The van der Waals surface area contributed by atoms with E-state index < -0.39 is 0 Å². The van der Waals surface area contributed by atoms with Gasteiger partial charge in [0, 0.05) is 11.4 Å². The van der Waals surface area contributed by atoms with Crippen molar-refractivity contribution in [3.05, 3.63) is 107 Å². The third-order valence-electron chi connectivity index (χ3n) is 6.14. The number of benzene rings is 4. The molecule has 6 rings (SSSR count). The highest BCUT2D eigenvalue weighted by Gasteiger charge is 2.51. The molecule has 128 valence electrons. The van der Waals surface area contributed by atoms with E-state index in [-0.39, 0.29) is 5.41 Å². The van der Waals surface area contributed by atoms with Gasteiger partial charge >= 0.3 is 0 Å². The van der Waals surface area contributed by atoms with Gasteiger partial charge in [-0.1, -0.05) is 60.7 Å². The minimum absolute atomic E-state index is 0.332. The van der Waals surface area contributed by atoms with E-state index in [1.807, 2.05) is 12.1 Å². The number of hydrogen-bond acceptors (Lipinski definition) is 2. The van der Waals surface area contributed by atoms with E-state index >= 15 is 0 Å². The third-order valence-corrected chi connectivity index (χ3v) is 6.14. The van der Waals surface area contributed by atoms with E-state index in [9.17, 15) is 0 Å². The quantitative estimate of drug-likeness (QED) is 0.372. The Hall–Kier alpha value is -3.52. The van der Waals surface area contributed by atoms with Crippen LogP contribution >= 0.6 is 0 Å². The minimum atomic E-state index is -0.332. The Bertz CT molecular complexity index is 1250. The molecule has 27 heavy (non-hydrogen) atoms. The highest BCUT2D eigenvalue weighted by Crippen LogP contribution is 2.62. The van der Waals surface area contributed by atoms with Crippen LogP contribution in [-0.4, -0.2) is 0 Å². The summed E-state index contributed by atoms with van der Waals surface area (Å²) in [6, 6.07) is 30.0. The fraction of sp³-hybridized carbons (Fsp3) is 0.0400. The lowest BCUT2D eigenvalue weighted by Gasteiger charge is -2.30. The molecule has 0 aliphatic heterocycles. The van der Waals surface area contributed by atoms with Crippen LogP contribution in [0.25, 0.3) is 22.3 Å². The van der Waals surface area contributed by atoms with Crippen LogP contribution in [0.4, 0.5) is 11.4 Å². The van der Waals surface area contributed by atoms with Crippen molar-refractivity contribution in [3.8, 4) is 22.3 Å². The van der Waals surface area contributed by atoms with Crippen LogP contribution in [0, 0.1) is 0 Å². The lowest BCUT2D eigenvalue weighted by molar-refractivity contribution is 0.794. The second-order valence-electron chi connectivity index (χ2n) is 7.45. The molecule has 1 spiro atoms. The zero-order chi connectivity index (χ0) is 18.2. The zero-order valence-electron chi connectivity index (χ0n) is 14.7. The molecule has 4 aromatic carbocycles. The van der Waals surface area contributed by atoms with Crippen LogP contribution < -0.4 is 11.5 Å². The average molecular weight is 346 g/mol. The fourth-order valence-corrected chi connectivity index (χ4v) is 5.18. The summed E-state index contributed by atoms with van der Waals surface area (Å²) < 4.78 is 0. The van der Waals surface area contributed by atoms with Gasteiger partial charge < -0.3 is 11.5 Å². The molecule has 0 radical (unpaired) electrons. The fourth-order valence-electron chi connectivity index (χ4n) is 5.18. The molecule has 0 heterocycles. The van der Waals surface area contributed by atoms with Gasteiger partial charge in [-0.25, -0.2) is 0 Å². The maximum absolute atomic E-state index is 6.26. The first-order valence-electron chi connectivity index (χ1n) is 9.21. The van der Waals surface area contributed by atoms with E-state index in [1.165, 1.54) is 44.5 Å². The summed E-state index contributed by atoms with van der Waals surface area (Å²) in [5, 5.41) is 0. The molecule has 4 N–H and O–H groups in total. The Morgan fingerprint density at radius 1 is 0.444 bits per heavy atom. The molecular weight excluding hydrogens is 328 g/mol. The lowest BCUT2D eigenvalue weighted by Crippen LogP contribution is -2.25. The SMILES string of the molecule is Nc1ccc2c(c1)-c1ccccc1C21c2ccccc2-c2ccc(N)cc21. The molecule has 2 heteroatoms. The molecule has 0 saturated heterocycles. The van der Waals surface area contributed by atoms with Crippen molar-refractivity contribution >= 4 is 11.4 Å². The van der Waals surface area contributed by atoms with Crippen molar-refractivity contribution < 1.29 is 0 Å². The molecule has 0 amide bonds. The second-order valence-corrected chi connectivity index (χ2v) is 7.45. The van der Waals surface area contributed by atoms with E-state index in [1.54, 1.807) is 0 Å². The van der Waals surface area contributed by atoms with Gasteiger partial charge in [-0.2, -0.15) is 0 Å². The summed E-state index contributed by atoms with van der Waals surface area (Å²) in [5.74, 6) is 0. The largest absolute Gasteiger partial charge is 0.399 e. The number of hydrogen-bond donors (Lipinski definition) is 2. The van der Waals surface area contributed by atoms with Gasteiger partial charge in [-0.3, -0.25) is 0 Å². The summed E-state index contributed by atoms with van der Waals surface area (Å²) in [6.45, 7) is 0. The van der Waals surface area contributed by atoms with Crippen LogP contribution in [0.2, 0.25) is 0 Å². The highest BCUT2D eigenvalue weighted by molar-refractivity contribution is 5.96. The Balaban J connectivity index is 1.87. The van der Waals surface area contributed by atoms with Crippen LogP contribution in [0.5, 0.6) is 0 Å². The van der Waals surface area contributed by atoms with E-state index in [2.05, 4.69) is 72.8 Å². The summed E-state index contributed by atoms with van der Waals surface area (Å²) in [6.07, 6.45) is 0. The van der Waals surface area contributed by atoms with E-state index in [0.29, 0.717) is 0 Å². The number of nitrogens with two attached hydrogens (primary N) is 2. The molecule has 0 saturated carbocycles. The second kappa shape index (κ2) is 4.80. The highest BCUT2D eigenvalue weighted by atomic mass is 14.6. The van der Waals surface area contributed by atoms with Crippen molar-refractivity contribution in [1.82, 2.24) is 0 Å². The smallest absolute Gasteiger partial charge is 0.0726 e. The molecule has 0 fully saturated rings. The maximum Gasteiger partial charge on any atom is 0.0726 e. The molecular formula is C25H18N2. The van der Waals surface area contributed by atoms with Crippen LogP contribution in [0.15, 0.2) is 84.9 Å². The van der Waals surface area contributed by atoms with Crippen molar-refractivity contribution in [2.45, 2.75) is 5.41 Å². The molecule has 2 aliphatic rings. The van der Waals surface area contributed by atoms with Gasteiger partial charge in [-0.05, 0) is 68.8 Å². The first-order valence-corrected chi connectivity index (χ1v) is 9.21. The predicted octanol–water partition coefficient (Wildman–Crippen LogP) is 5.19. The van der Waals surface area contributed by atoms with Crippen LogP contribution in [-0.2, 0) is 5.41 Å². The summed E-state index contributed by atoms with van der Waals surface area (Å²) in [4.78, 5) is 0. The van der Waals surface area contributed by atoms with Crippen molar-refractivity contribution in [3.63, 3.8) is 0 Å². The summed E-state index contributed by atoms with van der Waals surface area (Å²) in [5.41, 5.74) is 23.9. The molecule has 0 aromatic heterocycles. The number of rotatable bonds is 0. The third kappa shape index (κ3) is 1.61. The lowest BCUT2D eigenvalue weighted by atomic mass is 9.70. The Labute approximate surface area is 158 Å². The van der Waals surface area contributed by atoms with E-state index in [4.69, 9.17) is 11.5 Å². The molecule has 2 aliphatic carbocycles. The maximum atomic E-state index is 6.26. The van der Waals surface area contributed by atoms with Gasteiger partial charge in [0.05, 0.1) is 5.41 Å². The molecule has 1 unspecified atom stereocenters. The first-order chi connectivity index (χ1) is 13.2. The van der Waals surface area contributed by atoms with E-state index in [0.717, 1.165) is 11.4 Å². The Morgan fingerprint density at radius 3 is 1.70 bits per heavy atom. The van der Waals surface area contributed by atoms with Crippen LogP contribution in [0.1, 0.15) is 22.3 Å². The van der Waals surface area contributed by atoms with Crippen molar-refractivity contribution in [2.75, 3.05) is 11.5 Å². The van der Waals surface area contributed by atoms with Crippen molar-refractivity contribution in [1.29, 1.82) is 0 Å². The number of anilines is 2. The van der Waals surface area contributed by atoms with Gasteiger partial charge in [0.1, 0.15) is 0 Å². The molecule has 1 atom stereocenters. The van der Waals surface area contributed by atoms with Gasteiger partial charge in [0.2, 0.25) is 0 Å². The Kier molecular flexibility index (Phi) is 2.60. The minimum Gasteiger partial charge on any atom is -0.399 e. The van der Waals surface area contributed by atoms with Gasteiger partial charge in [-0.15, -0.1) is 0 Å². The Morgan fingerprint density at radius 2 is 0.963 bits per heavy atom. The molecule has 4 aromatic rings. The van der Waals surface area contributed by atoms with Crippen LogP contribution in [0.3, 0.4) is 0 Å². The van der Waals surface area contributed by atoms with Crippen molar-refractivity contribution in [2.24, 2.45) is 0 Å². The topological polar surface area (TPSA) is 52.0 Å². The molecule has 0 bridgehead atoms. The molecule has 2 nitrogen and oxygen atoms in total. The number of nitrogen functional groups attached to an aromatic ring is 2. The first kappa shape index (κ1) is 14.6. The average Bonchev–Trinajstić information content (AvgIpc) is 3.14. The number of fused-ring (bicyclic) bond motifs is 10. The zero-order valence-corrected chi connectivity index (χ0v) is 14.7. The van der Waals surface area contributed by atoms with Gasteiger partial charge in [0.25, 0.3) is 0 Å². The monoisotopic (exact) mass is 346 g/mol. The summed E-state index contributed by atoms with van der Waals surface area (Å²) >= 11 is 0. The normalized spacial score (nSPS) is 18.1. The summed E-state index contributed by atoms with van der Waals surface area (Å²) in [7, 11) is 0. The standard InChI is InChI=1S/C25H18N2/c26-15-10-12-23-20(13-15)18-6-2-4-8-22(18)25(23)21-7-3-1-5-17(21)19-11-9-16(27)14-24(19)25/h1-14H,26-27H2.